The van der Waals surface area contributed by atoms with Crippen molar-refractivity contribution in [1.29, 1.82) is 0 Å². The van der Waals surface area contributed by atoms with Gasteiger partial charge in [-0.3, -0.25) is 4.79 Å². The zero-order valence-electron chi connectivity index (χ0n) is 13.6. The smallest absolute Gasteiger partial charge is 0.254 e. The number of nitrogens with zero attached hydrogens (tertiary/aromatic N) is 2. The first-order chi connectivity index (χ1) is 10.0. The Morgan fingerprint density at radius 1 is 1.33 bits per heavy atom. The van der Waals surface area contributed by atoms with Crippen LogP contribution in [-0.2, 0) is 0 Å². The molecular weight excluding hydrogens is 262 g/mol. The number of rotatable bonds is 4. The number of anilines is 1. The molecule has 1 aliphatic carbocycles. The number of amides is 1. The van der Waals surface area contributed by atoms with Gasteiger partial charge in [0.05, 0.1) is 0 Å². The van der Waals surface area contributed by atoms with Gasteiger partial charge < -0.3 is 10.2 Å². The second-order valence-corrected chi connectivity index (χ2v) is 6.24. The summed E-state index contributed by atoms with van der Waals surface area (Å²) in [5.41, 5.74) is 1.61. The van der Waals surface area contributed by atoms with E-state index in [2.05, 4.69) is 17.2 Å². The molecular formula is C17H27N3O. The van der Waals surface area contributed by atoms with Crippen molar-refractivity contribution in [2.75, 3.05) is 18.9 Å². The summed E-state index contributed by atoms with van der Waals surface area (Å²) in [6, 6.07) is 4.12. The van der Waals surface area contributed by atoms with E-state index in [1.54, 1.807) is 0 Å². The maximum atomic E-state index is 12.7. The fourth-order valence-electron chi connectivity index (χ4n) is 3.06. The number of hydrogen-bond acceptors (Lipinski definition) is 3. The van der Waals surface area contributed by atoms with Crippen LogP contribution in [0.25, 0.3) is 0 Å². The maximum Gasteiger partial charge on any atom is 0.254 e. The quantitative estimate of drug-likeness (QED) is 0.923. The number of aromatic nitrogens is 1. The highest BCUT2D eigenvalue weighted by molar-refractivity contribution is 5.95. The first-order valence-corrected chi connectivity index (χ1v) is 8.01. The van der Waals surface area contributed by atoms with Crippen molar-refractivity contribution in [3.05, 3.63) is 23.4 Å². The number of carbonyl (C=O) groups excluding carboxylic acids is 1. The summed E-state index contributed by atoms with van der Waals surface area (Å²) in [5, 5.41) is 3.19. The van der Waals surface area contributed by atoms with Crippen LogP contribution in [-0.4, -0.2) is 35.4 Å². The van der Waals surface area contributed by atoms with Crippen molar-refractivity contribution >= 4 is 11.7 Å². The van der Waals surface area contributed by atoms with Crippen LogP contribution in [0.1, 0.15) is 55.6 Å². The third-order valence-electron chi connectivity index (χ3n) is 4.41. The van der Waals surface area contributed by atoms with Gasteiger partial charge in [-0.15, -0.1) is 0 Å². The molecule has 1 N–H and O–H groups in total. The Morgan fingerprint density at radius 3 is 2.62 bits per heavy atom. The zero-order valence-corrected chi connectivity index (χ0v) is 13.6. The Labute approximate surface area is 127 Å². The van der Waals surface area contributed by atoms with Gasteiger partial charge in [-0.2, -0.15) is 0 Å². The summed E-state index contributed by atoms with van der Waals surface area (Å²) in [4.78, 5) is 19.0. The van der Waals surface area contributed by atoms with Crippen molar-refractivity contribution in [3.8, 4) is 0 Å². The summed E-state index contributed by atoms with van der Waals surface area (Å²) < 4.78 is 0. The van der Waals surface area contributed by atoms with Gasteiger partial charge in [-0.1, -0.05) is 6.92 Å². The molecule has 1 aromatic rings. The predicted molar refractivity (Wildman–Crippen MR) is 86.7 cm³/mol. The first-order valence-electron chi connectivity index (χ1n) is 8.01. The Morgan fingerprint density at radius 2 is 2.00 bits per heavy atom. The maximum absolute atomic E-state index is 12.7. The van der Waals surface area contributed by atoms with Crippen LogP contribution >= 0.6 is 0 Å². The van der Waals surface area contributed by atoms with E-state index < -0.39 is 0 Å². The van der Waals surface area contributed by atoms with Gasteiger partial charge in [0, 0.05) is 30.9 Å². The molecule has 0 saturated heterocycles. The highest BCUT2D eigenvalue weighted by Gasteiger charge is 2.25. The summed E-state index contributed by atoms with van der Waals surface area (Å²) in [6.07, 6.45) is 4.68. The van der Waals surface area contributed by atoms with Gasteiger partial charge in [-0.25, -0.2) is 4.98 Å². The SMILES string of the molecule is CCNc1cc(C(=O)N(C)C2CCC(C)CC2)cc(C)n1. The van der Waals surface area contributed by atoms with E-state index in [0.717, 1.165) is 42.4 Å². The van der Waals surface area contributed by atoms with E-state index in [0.29, 0.717) is 6.04 Å². The molecule has 0 atom stereocenters. The van der Waals surface area contributed by atoms with Gasteiger partial charge in [0.25, 0.3) is 5.91 Å². The molecule has 0 bridgehead atoms. The normalized spacial score (nSPS) is 21.9. The van der Waals surface area contributed by atoms with Crippen LogP contribution in [0.15, 0.2) is 12.1 Å². The number of carbonyl (C=O) groups is 1. The lowest BCUT2D eigenvalue weighted by Gasteiger charge is -2.33. The number of aryl methyl sites for hydroxylation is 1. The molecule has 1 aliphatic rings. The van der Waals surface area contributed by atoms with Crippen molar-refractivity contribution in [2.24, 2.45) is 5.92 Å². The number of nitrogens with one attached hydrogen (secondary N) is 1. The molecule has 0 aliphatic heterocycles. The number of pyridine rings is 1. The van der Waals surface area contributed by atoms with Crippen LogP contribution < -0.4 is 5.32 Å². The highest BCUT2D eigenvalue weighted by atomic mass is 16.2. The second-order valence-electron chi connectivity index (χ2n) is 6.24. The summed E-state index contributed by atoms with van der Waals surface area (Å²) in [7, 11) is 1.94. The topological polar surface area (TPSA) is 45.2 Å². The largest absolute Gasteiger partial charge is 0.370 e. The molecule has 21 heavy (non-hydrogen) atoms. The second kappa shape index (κ2) is 6.92. The minimum absolute atomic E-state index is 0.110. The zero-order chi connectivity index (χ0) is 15.4. The van der Waals surface area contributed by atoms with Gasteiger partial charge in [-0.05, 0) is 57.6 Å². The molecule has 1 saturated carbocycles. The molecule has 0 radical (unpaired) electrons. The molecule has 1 amide bonds. The monoisotopic (exact) mass is 289 g/mol. The standard InChI is InChI=1S/C17H27N3O/c1-5-18-16-11-14(10-13(3)19-16)17(21)20(4)15-8-6-12(2)7-9-15/h10-12,15H,5-9H2,1-4H3,(H,18,19). The third kappa shape index (κ3) is 3.96. The molecule has 1 fully saturated rings. The Balaban J connectivity index is 2.11. The van der Waals surface area contributed by atoms with Crippen molar-refractivity contribution < 1.29 is 4.79 Å². The van der Waals surface area contributed by atoms with Gasteiger partial charge in [0.1, 0.15) is 5.82 Å². The van der Waals surface area contributed by atoms with E-state index in [4.69, 9.17) is 0 Å². The lowest BCUT2D eigenvalue weighted by molar-refractivity contribution is 0.0679. The minimum atomic E-state index is 0.110. The Bertz CT molecular complexity index is 493. The lowest BCUT2D eigenvalue weighted by atomic mass is 9.86. The van der Waals surface area contributed by atoms with Crippen LogP contribution in [0.3, 0.4) is 0 Å². The lowest BCUT2D eigenvalue weighted by Crippen LogP contribution is -2.39. The molecule has 0 aromatic carbocycles. The van der Waals surface area contributed by atoms with E-state index in [1.165, 1.54) is 12.8 Å². The first kappa shape index (κ1) is 15.8. The minimum Gasteiger partial charge on any atom is -0.370 e. The van der Waals surface area contributed by atoms with Gasteiger partial charge in [0.2, 0.25) is 0 Å². The molecule has 0 spiro atoms. The summed E-state index contributed by atoms with van der Waals surface area (Å²) in [5.74, 6) is 1.69. The fourth-order valence-corrected chi connectivity index (χ4v) is 3.06. The van der Waals surface area contributed by atoms with Crippen molar-refractivity contribution in [2.45, 2.75) is 52.5 Å². The van der Waals surface area contributed by atoms with E-state index in [1.807, 2.05) is 37.9 Å². The van der Waals surface area contributed by atoms with Gasteiger partial charge >= 0.3 is 0 Å². The molecule has 4 heteroatoms. The van der Waals surface area contributed by atoms with Crippen LogP contribution in [0, 0.1) is 12.8 Å². The fraction of sp³-hybridized carbons (Fsp3) is 0.647. The van der Waals surface area contributed by atoms with Crippen LogP contribution in [0.5, 0.6) is 0 Å². The molecule has 1 heterocycles. The molecule has 2 rings (SSSR count). The highest BCUT2D eigenvalue weighted by Crippen LogP contribution is 2.27. The van der Waals surface area contributed by atoms with Gasteiger partial charge in [0.15, 0.2) is 0 Å². The van der Waals surface area contributed by atoms with E-state index in [9.17, 15) is 4.79 Å². The molecule has 116 valence electrons. The van der Waals surface area contributed by atoms with E-state index >= 15 is 0 Å². The predicted octanol–water partition coefficient (Wildman–Crippen LogP) is 3.47. The Hall–Kier alpha value is -1.58. The molecule has 1 aromatic heterocycles. The Kier molecular flexibility index (Phi) is 5.21. The van der Waals surface area contributed by atoms with Crippen LogP contribution in [0.4, 0.5) is 5.82 Å². The van der Waals surface area contributed by atoms with Crippen LogP contribution in [0.2, 0.25) is 0 Å². The molecule has 4 nitrogen and oxygen atoms in total. The third-order valence-corrected chi connectivity index (χ3v) is 4.41. The summed E-state index contributed by atoms with van der Waals surface area (Å²) in [6.45, 7) is 7.06. The van der Waals surface area contributed by atoms with Crippen molar-refractivity contribution in [1.82, 2.24) is 9.88 Å². The molecule has 0 unspecified atom stereocenters. The average molecular weight is 289 g/mol. The van der Waals surface area contributed by atoms with E-state index in [-0.39, 0.29) is 5.91 Å². The summed E-state index contributed by atoms with van der Waals surface area (Å²) >= 11 is 0. The van der Waals surface area contributed by atoms with Crippen molar-refractivity contribution in [3.63, 3.8) is 0 Å². The number of hydrogen-bond donors (Lipinski definition) is 1. The average Bonchev–Trinajstić information content (AvgIpc) is 2.46.